The van der Waals surface area contributed by atoms with Gasteiger partial charge in [0.05, 0.1) is 11.0 Å². The van der Waals surface area contributed by atoms with Gasteiger partial charge in [-0.2, -0.15) is 0 Å². The smallest absolute Gasteiger partial charge is 0.269 e. The normalized spacial score (nSPS) is 20.5. The molecule has 0 heterocycles. The minimum Gasteiger partial charge on any atom is -0.385 e. The Kier molecular flexibility index (Phi) is 5.77. The lowest BCUT2D eigenvalue weighted by atomic mass is 9.84. The second-order valence-corrected chi connectivity index (χ2v) is 6.49. The fourth-order valence-corrected chi connectivity index (χ4v) is 3.29. The van der Waals surface area contributed by atoms with Crippen LogP contribution in [0.3, 0.4) is 0 Å². The fourth-order valence-electron chi connectivity index (χ4n) is 3.29. The second-order valence-electron chi connectivity index (χ2n) is 6.49. The van der Waals surface area contributed by atoms with Gasteiger partial charge in [0.2, 0.25) is 0 Å². The van der Waals surface area contributed by atoms with E-state index in [0.717, 1.165) is 24.2 Å². The van der Waals surface area contributed by atoms with Gasteiger partial charge < -0.3 is 5.32 Å². The Morgan fingerprint density at radius 3 is 2.52 bits per heavy atom. The first-order valence-electron chi connectivity index (χ1n) is 8.79. The molecule has 1 N–H and O–H groups in total. The zero-order valence-electron chi connectivity index (χ0n) is 14.2. The van der Waals surface area contributed by atoms with E-state index in [-0.39, 0.29) is 10.6 Å². The highest BCUT2D eigenvalue weighted by molar-refractivity contribution is 5.80. The molecule has 0 bridgehead atoms. The molecule has 2 aromatic carbocycles. The van der Waals surface area contributed by atoms with Gasteiger partial charge in [-0.25, -0.2) is 0 Å². The van der Waals surface area contributed by atoms with E-state index in [4.69, 9.17) is 4.99 Å². The standard InChI is InChI=1S/C20H23N3O2/c24-23(25)19-12-10-16(11-13-19)14-22-20-9-5-4-6-17(20)15-21-18-7-2-1-3-8-18/h1-3,7-8,10-14,17,20-21H,4-6,9,15H2/t17-,20-/m1/s1. The quantitative estimate of drug-likeness (QED) is 0.472. The molecule has 2 atom stereocenters. The van der Waals surface area contributed by atoms with Crippen molar-refractivity contribution in [3.8, 4) is 0 Å². The van der Waals surface area contributed by atoms with Gasteiger partial charge in [0.15, 0.2) is 0 Å². The summed E-state index contributed by atoms with van der Waals surface area (Å²) in [7, 11) is 0. The fraction of sp³-hybridized carbons (Fsp3) is 0.350. The second kappa shape index (κ2) is 8.42. The van der Waals surface area contributed by atoms with Crippen molar-refractivity contribution in [1.82, 2.24) is 0 Å². The van der Waals surface area contributed by atoms with Crippen molar-refractivity contribution in [1.29, 1.82) is 0 Å². The van der Waals surface area contributed by atoms with Gasteiger partial charge in [-0.05, 0) is 48.6 Å². The molecule has 0 amide bonds. The number of nitrogens with zero attached hydrogens (tertiary/aromatic N) is 2. The summed E-state index contributed by atoms with van der Waals surface area (Å²) in [5.74, 6) is 0.517. The zero-order chi connectivity index (χ0) is 17.5. The van der Waals surface area contributed by atoms with Crippen molar-refractivity contribution >= 4 is 17.6 Å². The van der Waals surface area contributed by atoms with Gasteiger partial charge in [-0.15, -0.1) is 0 Å². The average Bonchev–Trinajstić information content (AvgIpc) is 2.66. The molecule has 1 saturated carbocycles. The highest BCUT2D eigenvalue weighted by Crippen LogP contribution is 2.27. The minimum atomic E-state index is -0.382. The van der Waals surface area contributed by atoms with E-state index in [2.05, 4.69) is 17.4 Å². The number of nitrogens with one attached hydrogen (secondary N) is 1. The van der Waals surface area contributed by atoms with Crippen molar-refractivity contribution in [2.75, 3.05) is 11.9 Å². The maximum atomic E-state index is 10.7. The first-order valence-corrected chi connectivity index (χ1v) is 8.79. The van der Waals surface area contributed by atoms with Crippen LogP contribution in [-0.4, -0.2) is 23.7 Å². The lowest BCUT2D eigenvalue weighted by Crippen LogP contribution is -2.29. The van der Waals surface area contributed by atoms with Crippen LogP contribution in [0.5, 0.6) is 0 Å². The molecule has 5 nitrogen and oxygen atoms in total. The third-order valence-electron chi connectivity index (χ3n) is 4.73. The molecule has 3 rings (SSSR count). The summed E-state index contributed by atoms with van der Waals surface area (Å²) in [6, 6.07) is 17.1. The number of anilines is 1. The summed E-state index contributed by atoms with van der Waals surface area (Å²) < 4.78 is 0. The molecule has 0 aromatic heterocycles. The Bertz CT molecular complexity index is 713. The summed E-state index contributed by atoms with van der Waals surface area (Å²) in [4.78, 5) is 15.1. The van der Waals surface area contributed by atoms with E-state index in [1.165, 1.54) is 31.4 Å². The van der Waals surface area contributed by atoms with Crippen molar-refractivity contribution in [3.05, 3.63) is 70.3 Å². The number of aliphatic imine (C=N–C) groups is 1. The molecule has 0 radical (unpaired) electrons. The molecule has 5 heteroatoms. The molecule has 0 spiro atoms. The Morgan fingerprint density at radius 2 is 1.80 bits per heavy atom. The molecule has 1 fully saturated rings. The van der Waals surface area contributed by atoms with Crippen LogP contribution in [0.25, 0.3) is 0 Å². The lowest BCUT2D eigenvalue weighted by molar-refractivity contribution is -0.384. The summed E-state index contributed by atoms with van der Waals surface area (Å²) >= 11 is 0. The molecule has 130 valence electrons. The third-order valence-corrected chi connectivity index (χ3v) is 4.73. The Hall–Kier alpha value is -2.69. The molecular weight excluding hydrogens is 314 g/mol. The van der Waals surface area contributed by atoms with Crippen molar-refractivity contribution in [2.45, 2.75) is 31.7 Å². The molecule has 1 aliphatic carbocycles. The van der Waals surface area contributed by atoms with Crippen LogP contribution in [0.15, 0.2) is 59.6 Å². The monoisotopic (exact) mass is 337 g/mol. The minimum absolute atomic E-state index is 0.111. The first kappa shape index (κ1) is 17.1. The zero-order valence-corrected chi connectivity index (χ0v) is 14.2. The third kappa shape index (κ3) is 4.89. The topological polar surface area (TPSA) is 67.5 Å². The van der Waals surface area contributed by atoms with E-state index < -0.39 is 0 Å². The summed E-state index contributed by atoms with van der Waals surface area (Å²) in [5.41, 5.74) is 2.16. The van der Waals surface area contributed by atoms with E-state index in [0.29, 0.717) is 12.0 Å². The first-order chi connectivity index (χ1) is 12.2. The van der Waals surface area contributed by atoms with Gasteiger partial charge in [-0.3, -0.25) is 15.1 Å². The van der Waals surface area contributed by atoms with E-state index >= 15 is 0 Å². The number of nitro benzene ring substituents is 1. The number of nitro groups is 1. The molecule has 1 aliphatic rings. The van der Waals surface area contributed by atoms with E-state index in [9.17, 15) is 10.1 Å². The maximum Gasteiger partial charge on any atom is 0.269 e. The van der Waals surface area contributed by atoms with Gasteiger partial charge in [-0.1, -0.05) is 31.0 Å². The number of rotatable bonds is 6. The maximum absolute atomic E-state index is 10.7. The Labute approximate surface area is 148 Å². The van der Waals surface area contributed by atoms with Crippen LogP contribution in [-0.2, 0) is 0 Å². The molecular formula is C20H23N3O2. The Balaban J connectivity index is 1.61. The molecule has 0 aliphatic heterocycles. The predicted molar refractivity (Wildman–Crippen MR) is 101 cm³/mol. The molecule has 0 unspecified atom stereocenters. The van der Waals surface area contributed by atoms with Crippen LogP contribution < -0.4 is 5.32 Å². The van der Waals surface area contributed by atoms with E-state index in [1.54, 1.807) is 12.1 Å². The number of para-hydroxylation sites is 1. The van der Waals surface area contributed by atoms with E-state index in [1.807, 2.05) is 24.4 Å². The van der Waals surface area contributed by atoms with Crippen LogP contribution in [0, 0.1) is 16.0 Å². The number of non-ortho nitro benzene ring substituents is 1. The highest BCUT2D eigenvalue weighted by atomic mass is 16.6. The molecule has 2 aromatic rings. The highest BCUT2D eigenvalue weighted by Gasteiger charge is 2.23. The van der Waals surface area contributed by atoms with Gasteiger partial charge in [0.1, 0.15) is 0 Å². The number of hydrogen-bond donors (Lipinski definition) is 1. The van der Waals surface area contributed by atoms with Gasteiger partial charge >= 0.3 is 0 Å². The summed E-state index contributed by atoms with van der Waals surface area (Å²) in [6.07, 6.45) is 6.61. The predicted octanol–water partition coefficient (Wildman–Crippen LogP) is 4.68. The summed E-state index contributed by atoms with van der Waals surface area (Å²) in [6.45, 7) is 0.923. The van der Waals surface area contributed by atoms with Crippen LogP contribution in [0.4, 0.5) is 11.4 Å². The Morgan fingerprint density at radius 1 is 1.08 bits per heavy atom. The van der Waals surface area contributed by atoms with Crippen LogP contribution >= 0.6 is 0 Å². The van der Waals surface area contributed by atoms with Crippen molar-refractivity contribution in [3.63, 3.8) is 0 Å². The number of benzene rings is 2. The SMILES string of the molecule is O=[N+]([O-])c1ccc(C=N[C@@H]2CCCC[C@@H]2CNc2ccccc2)cc1. The van der Waals surface area contributed by atoms with Crippen LogP contribution in [0.1, 0.15) is 31.2 Å². The lowest BCUT2D eigenvalue weighted by Gasteiger charge is -2.29. The molecule has 25 heavy (non-hydrogen) atoms. The largest absolute Gasteiger partial charge is 0.385 e. The van der Waals surface area contributed by atoms with Gasteiger partial charge in [0.25, 0.3) is 5.69 Å². The van der Waals surface area contributed by atoms with Crippen molar-refractivity contribution in [2.24, 2.45) is 10.9 Å². The van der Waals surface area contributed by atoms with Crippen LogP contribution in [0.2, 0.25) is 0 Å². The summed E-state index contributed by atoms with van der Waals surface area (Å²) in [5, 5.41) is 14.2. The van der Waals surface area contributed by atoms with Crippen molar-refractivity contribution < 1.29 is 4.92 Å². The molecule has 0 saturated heterocycles. The average molecular weight is 337 g/mol. The number of hydrogen-bond acceptors (Lipinski definition) is 4. The van der Waals surface area contributed by atoms with Gasteiger partial charge in [0, 0.05) is 30.6 Å².